The van der Waals surface area contributed by atoms with E-state index in [0.29, 0.717) is 5.06 Å². The Hall–Kier alpha value is -2.24. The van der Waals surface area contributed by atoms with E-state index in [9.17, 15) is 24.3 Å². The van der Waals surface area contributed by atoms with Gasteiger partial charge in [0, 0.05) is 6.42 Å². The minimum atomic E-state index is -1.62. The van der Waals surface area contributed by atoms with E-state index in [-0.39, 0.29) is 0 Å². The van der Waals surface area contributed by atoms with Gasteiger partial charge in [-0.2, -0.15) is 0 Å². The van der Waals surface area contributed by atoms with Gasteiger partial charge in [-0.15, -0.1) is 0 Å². The van der Waals surface area contributed by atoms with Crippen molar-refractivity contribution in [1.82, 2.24) is 10.4 Å². The molecule has 0 fully saturated rings. The van der Waals surface area contributed by atoms with Gasteiger partial charge in [-0.05, 0) is 0 Å². The van der Waals surface area contributed by atoms with Crippen molar-refractivity contribution in [2.75, 3.05) is 20.3 Å². The second kappa shape index (κ2) is 9.65. The van der Waals surface area contributed by atoms with Crippen LogP contribution in [0.1, 0.15) is 12.8 Å². The molecule has 0 aromatic carbocycles. The summed E-state index contributed by atoms with van der Waals surface area (Å²) in [5.41, 5.74) is 0. The van der Waals surface area contributed by atoms with E-state index in [0.717, 1.165) is 7.11 Å². The molecule has 0 rings (SSSR count). The van der Waals surface area contributed by atoms with Crippen molar-refractivity contribution in [3.05, 3.63) is 0 Å². The van der Waals surface area contributed by atoms with Crippen LogP contribution in [0, 0.1) is 0 Å². The highest BCUT2D eigenvalue weighted by atomic mass is 16.7. The Balaban J connectivity index is 4.94. The first kappa shape index (κ1) is 19.8. The third-order valence-electron chi connectivity index (χ3n) is 2.55. The van der Waals surface area contributed by atoms with Crippen molar-refractivity contribution in [2.45, 2.75) is 24.9 Å². The van der Waals surface area contributed by atoms with Crippen LogP contribution in [0.25, 0.3) is 0 Å². The van der Waals surface area contributed by atoms with Crippen LogP contribution in [0.15, 0.2) is 0 Å². The van der Waals surface area contributed by atoms with Crippen molar-refractivity contribution >= 4 is 23.8 Å². The van der Waals surface area contributed by atoms with Crippen molar-refractivity contribution in [2.24, 2.45) is 0 Å². The summed E-state index contributed by atoms with van der Waals surface area (Å²) in [4.78, 5) is 49.4. The Morgan fingerprint density at radius 3 is 2.05 bits per heavy atom. The molecule has 11 nitrogen and oxygen atoms in total. The van der Waals surface area contributed by atoms with Gasteiger partial charge in [0.2, 0.25) is 11.8 Å². The first-order valence-corrected chi connectivity index (χ1v) is 6.11. The fourth-order valence-corrected chi connectivity index (χ4v) is 1.44. The number of aliphatic carboxylic acids is 2. The van der Waals surface area contributed by atoms with Crippen LogP contribution in [-0.4, -0.2) is 81.6 Å². The number of carboxylic acid groups (broad SMARTS) is 2. The van der Waals surface area contributed by atoms with E-state index in [2.05, 4.69) is 4.84 Å². The van der Waals surface area contributed by atoms with Gasteiger partial charge in [0.05, 0.1) is 26.7 Å². The highest BCUT2D eigenvalue weighted by Gasteiger charge is 2.32. The van der Waals surface area contributed by atoms with Crippen LogP contribution >= 0.6 is 0 Å². The fourth-order valence-electron chi connectivity index (χ4n) is 1.44. The van der Waals surface area contributed by atoms with Gasteiger partial charge in [-0.3, -0.25) is 19.2 Å². The number of hydroxylamine groups is 2. The smallest absolute Gasteiger partial charge is 0.328 e. The van der Waals surface area contributed by atoms with E-state index in [1.54, 1.807) is 0 Å². The molecule has 22 heavy (non-hydrogen) atoms. The predicted molar refractivity (Wildman–Crippen MR) is 68.3 cm³/mol. The number of hydrogen-bond acceptors (Lipinski definition) is 7. The zero-order valence-corrected chi connectivity index (χ0v) is 11.8. The molecule has 0 aliphatic heterocycles. The summed E-state index contributed by atoms with van der Waals surface area (Å²) in [7, 11) is 1.02. The molecule has 0 bridgehead atoms. The van der Waals surface area contributed by atoms with Gasteiger partial charge in [-0.25, -0.2) is 9.86 Å². The Bertz CT molecular complexity index is 426. The van der Waals surface area contributed by atoms with Crippen molar-refractivity contribution in [1.29, 1.82) is 0 Å². The molecule has 0 heterocycles. The normalized spacial score (nSPS) is 13.0. The molecule has 2 amide bonds. The summed E-state index contributed by atoms with van der Waals surface area (Å²) in [6, 6.07) is -3.20. The Morgan fingerprint density at radius 2 is 1.68 bits per heavy atom. The highest BCUT2D eigenvalue weighted by molar-refractivity contribution is 5.90. The molecule has 0 saturated carbocycles. The second-order valence-electron chi connectivity index (χ2n) is 4.08. The maximum Gasteiger partial charge on any atom is 0.328 e. The molecule has 11 heteroatoms. The highest BCUT2D eigenvalue weighted by Crippen LogP contribution is 2.06. The topological polar surface area (TPSA) is 174 Å². The van der Waals surface area contributed by atoms with Crippen molar-refractivity contribution in [3.8, 4) is 0 Å². The summed E-state index contributed by atoms with van der Waals surface area (Å²) in [6.45, 7) is -1.78. The van der Waals surface area contributed by atoms with Gasteiger partial charge in [-0.1, -0.05) is 0 Å². The lowest BCUT2D eigenvalue weighted by molar-refractivity contribution is -0.195. The van der Waals surface area contributed by atoms with Gasteiger partial charge in [0.15, 0.2) is 6.04 Å². The largest absolute Gasteiger partial charge is 0.481 e. The zero-order valence-electron chi connectivity index (χ0n) is 11.8. The number of aliphatic hydroxyl groups is 2. The molecular formula is C11H18N2O9. The fraction of sp³-hybridized carbons (Fsp3) is 0.636. The molecule has 0 radical (unpaired) electrons. The molecule has 0 aliphatic carbocycles. The summed E-state index contributed by atoms with van der Waals surface area (Å²) in [5, 5.41) is 37.6. The van der Waals surface area contributed by atoms with Crippen LogP contribution in [0.3, 0.4) is 0 Å². The lowest BCUT2D eigenvalue weighted by Gasteiger charge is -2.27. The van der Waals surface area contributed by atoms with Gasteiger partial charge < -0.3 is 25.7 Å². The number of carboxylic acids is 2. The molecule has 0 saturated heterocycles. The first-order valence-electron chi connectivity index (χ1n) is 6.11. The number of carbonyl (C=O) groups is 4. The molecule has 0 aromatic rings. The lowest BCUT2D eigenvalue weighted by Crippen LogP contribution is -2.55. The van der Waals surface area contributed by atoms with E-state index in [1.807, 2.05) is 5.32 Å². The van der Waals surface area contributed by atoms with E-state index >= 15 is 0 Å². The van der Waals surface area contributed by atoms with E-state index < -0.39 is 61.9 Å². The van der Waals surface area contributed by atoms with E-state index in [1.165, 1.54) is 0 Å². The maximum atomic E-state index is 11.9. The zero-order chi connectivity index (χ0) is 17.3. The van der Waals surface area contributed by atoms with Gasteiger partial charge >= 0.3 is 11.9 Å². The van der Waals surface area contributed by atoms with Gasteiger partial charge in [0.25, 0.3) is 0 Å². The molecule has 0 aliphatic rings. The Kier molecular flexibility index (Phi) is 8.67. The monoisotopic (exact) mass is 322 g/mol. The third kappa shape index (κ3) is 6.03. The molecule has 0 aromatic heterocycles. The second-order valence-corrected chi connectivity index (χ2v) is 4.08. The average Bonchev–Trinajstić information content (AvgIpc) is 2.46. The summed E-state index contributed by atoms with van der Waals surface area (Å²) < 4.78 is 0. The molecule has 0 unspecified atom stereocenters. The Morgan fingerprint density at radius 1 is 1.09 bits per heavy atom. The number of nitrogens with zero attached hydrogens (tertiary/aromatic N) is 1. The summed E-state index contributed by atoms with van der Waals surface area (Å²) >= 11 is 0. The maximum absolute atomic E-state index is 11.9. The third-order valence-corrected chi connectivity index (χ3v) is 2.55. The molecule has 2 atom stereocenters. The molecule has 0 spiro atoms. The molecular weight excluding hydrogens is 304 g/mol. The van der Waals surface area contributed by atoms with Crippen molar-refractivity contribution in [3.63, 3.8) is 0 Å². The summed E-state index contributed by atoms with van der Waals surface area (Å²) in [6.07, 6.45) is -0.984. The van der Waals surface area contributed by atoms with E-state index in [4.69, 9.17) is 15.3 Å². The SMILES string of the molecule is CON(C(=O)CCC(=O)O)[C@@H](CO)C(=O)N[C@@H](CO)C(=O)O. The molecule has 5 N–H and O–H groups in total. The van der Waals surface area contributed by atoms with Gasteiger partial charge in [0.1, 0.15) is 6.04 Å². The first-order chi connectivity index (χ1) is 10.3. The van der Waals surface area contributed by atoms with Crippen LogP contribution < -0.4 is 5.32 Å². The number of amides is 2. The minimum absolute atomic E-state index is 0.453. The number of nitrogens with one attached hydrogen (secondary N) is 1. The number of hydrogen-bond donors (Lipinski definition) is 5. The predicted octanol–water partition coefficient (Wildman–Crippen LogP) is -2.84. The van der Waals surface area contributed by atoms with Crippen molar-refractivity contribution < 1.29 is 44.4 Å². The van der Waals surface area contributed by atoms with Crippen LogP contribution in [0.4, 0.5) is 0 Å². The number of aliphatic hydroxyl groups excluding tert-OH is 2. The number of carbonyl (C=O) groups excluding carboxylic acids is 2. The summed E-state index contributed by atoms with van der Waals surface area (Å²) in [5.74, 6) is -4.70. The Labute approximate surface area is 125 Å². The standard InChI is InChI=1S/C11H18N2O9/c1-22-13(8(16)2-3-9(17)18)7(5-15)10(19)12-6(4-14)11(20)21/h6-7,14-15H,2-5H2,1H3,(H,12,19)(H,17,18)(H,20,21)/t6-,7-/m0/s1. The quantitative estimate of drug-likeness (QED) is 0.265. The van der Waals surface area contributed by atoms with Crippen LogP contribution in [0.2, 0.25) is 0 Å². The van der Waals surface area contributed by atoms with Crippen LogP contribution in [-0.2, 0) is 24.0 Å². The lowest BCUT2D eigenvalue weighted by atomic mass is 10.2. The van der Waals surface area contributed by atoms with Crippen LogP contribution in [0.5, 0.6) is 0 Å². The molecule has 126 valence electrons. The average molecular weight is 322 g/mol. The number of rotatable bonds is 10. The minimum Gasteiger partial charge on any atom is -0.481 e.